The largest absolute Gasteiger partial charge is 0.476 e. The average Bonchev–Trinajstić information content (AvgIpc) is 2.62. The zero-order valence-electron chi connectivity index (χ0n) is 8.67. The Morgan fingerprint density at radius 3 is 2.87 bits per heavy atom. The van der Waals surface area contributed by atoms with Crippen LogP contribution in [0.25, 0.3) is 0 Å². The number of hydrogen-bond donors (Lipinski definition) is 2. The molecule has 0 aromatic carbocycles. The van der Waals surface area contributed by atoms with E-state index in [1.54, 1.807) is 18.9 Å². The van der Waals surface area contributed by atoms with Gasteiger partial charge in [-0.2, -0.15) is 4.98 Å². The van der Waals surface area contributed by atoms with Gasteiger partial charge in [0.15, 0.2) is 5.69 Å². The molecule has 15 heavy (non-hydrogen) atoms. The van der Waals surface area contributed by atoms with Crippen molar-refractivity contribution in [2.75, 3.05) is 18.5 Å². The van der Waals surface area contributed by atoms with Gasteiger partial charge in [-0.3, -0.25) is 0 Å². The molecule has 0 saturated heterocycles. The van der Waals surface area contributed by atoms with E-state index in [0.717, 1.165) is 6.26 Å². The molecular weight excluding hydrogens is 200 g/mol. The molecule has 6 heteroatoms. The molecule has 0 radical (unpaired) electrons. The first-order valence-corrected chi connectivity index (χ1v) is 4.58. The van der Waals surface area contributed by atoms with Gasteiger partial charge in [-0.15, -0.1) is 0 Å². The van der Waals surface area contributed by atoms with Crippen LogP contribution in [0.2, 0.25) is 0 Å². The van der Waals surface area contributed by atoms with E-state index in [1.165, 1.54) is 0 Å². The molecule has 0 fully saturated rings. The summed E-state index contributed by atoms with van der Waals surface area (Å²) < 4.78 is 4.97. The van der Waals surface area contributed by atoms with E-state index in [-0.39, 0.29) is 11.7 Å². The van der Waals surface area contributed by atoms with E-state index >= 15 is 0 Å². The highest BCUT2D eigenvalue weighted by molar-refractivity contribution is 5.85. The lowest BCUT2D eigenvalue weighted by atomic mass is 10.3. The van der Waals surface area contributed by atoms with Crippen LogP contribution in [0.1, 0.15) is 23.8 Å². The summed E-state index contributed by atoms with van der Waals surface area (Å²) in [7, 11) is 1.72. The Morgan fingerprint density at radius 2 is 2.40 bits per heavy atom. The van der Waals surface area contributed by atoms with Crippen LogP contribution in [-0.4, -0.2) is 40.9 Å². The van der Waals surface area contributed by atoms with Gasteiger partial charge in [0.05, 0.1) is 6.10 Å². The molecule has 1 rings (SSSR count). The molecule has 84 valence electrons. The van der Waals surface area contributed by atoms with Gasteiger partial charge in [0.25, 0.3) is 6.01 Å². The summed E-state index contributed by atoms with van der Waals surface area (Å²) in [6, 6.07) is 0.244. The maximum absolute atomic E-state index is 10.5. The molecule has 1 atom stereocenters. The number of nitrogens with zero attached hydrogens (tertiary/aromatic N) is 2. The second kappa shape index (κ2) is 4.79. The van der Waals surface area contributed by atoms with E-state index in [0.29, 0.717) is 13.0 Å². The number of aliphatic hydroxyl groups is 1. The lowest BCUT2D eigenvalue weighted by molar-refractivity contribution is 0.0690. The van der Waals surface area contributed by atoms with Crippen LogP contribution in [0.4, 0.5) is 6.01 Å². The standard InChI is InChI=1S/C9H14N2O4/c1-6(12)3-4-11(2)9-10-7(5-15-9)8(13)14/h5-6,12H,3-4H2,1-2H3,(H,13,14). The Bertz CT molecular complexity index is 335. The van der Waals surface area contributed by atoms with Crippen LogP contribution >= 0.6 is 0 Å². The number of aromatic carboxylic acids is 1. The number of oxazole rings is 1. The van der Waals surface area contributed by atoms with Gasteiger partial charge >= 0.3 is 5.97 Å². The first kappa shape index (κ1) is 11.5. The summed E-state index contributed by atoms with van der Waals surface area (Å²) in [6.07, 6.45) is 1.26. The Morgan fingerprint density at radius 1 is 1.73 bits per heavy atom. The molecule has 1 unspecified atom stereocenters. The van der Waals surface area contributed by atoms with Gasteiger partial charge in [-0.05, 0) is 13.3 Å². The quantitative estimate of drug-likeness (QED) is 0.745. The monoisotopic (exact) mass is 214 g/mol. The van der Waals surface area contributed by atoms with Gasteiger partial charge in [0.2, 0.25) is 0 Å². The third kappa shape index (κ3) is 3.25. The molecule has 0 aliphatic rings. The number of carboxylic acid groups (broad SMARTS) is 1. The van der Waals surface area contributed by atoms with E-state index in [2.05, 4.69) is 4.98 Å². The third-order valence-electron chi connectivity index (χ3n) is 1.92. The molecule has 1 heterocycles. The molecule has 1 aromatic rings. The summed E-state index contributed by atoms with van der Waals surface area (Å²) in [5.74, 6) is -1.12. The zero-order chi connectivity index (χ0) is 11.4. The zero-order valence-corrected chi connectivity index (χ0v) is 8.67. The van der Waals surface area contributed by atoms with Crippen molar-refractivity contribution in [3.63, 3.8) is 0 Å². The maximum atomic E-state index is 10.5. The van der Waals surface area contributed by atoms with Crippen LogP contribution in [-0.2, 0) is 0 Å². The summed E-state index contributed by atoms with van der Waals surface area (Å²) in [6.45, 7) is 2.24. The highest BCUT2D eigenvalue weighted by Crippen LogP contribution is 2.12. The Kier molecular flexibility index (Phi) is 3.68. The molecule has 0 spiro atoms. The number of carboxylic acids is 1. The topological polar surface area (TPSA) is 86.8 Å². The summed E-state index contributed by atoms with van der Waals surface area (Å²) in [5, 5.41) is 17.7. The molecule has 2 N–H and O–H groups in total. The van der Waals surface area contributed by atoms with Gasteiger partial charge < -0.3 is 19.5 Å². The summed E-state index contributed by atoms with van der Waals surface area (Å²) in [4.78, 5) is 15.9. The van der Waals surface area contributed by atoms with E-state index < -0.39 is 12.1 Å². The molecule has 0 aliphatic carbocycles. The highest BCUT2D eigenvalue weighted by Gasteiger charge is 2.13. The lowest BCUT2D eigenvalue weighted by Crippen LogP contribution is -2.22. The molecule has 0 aliphatic heterocycles. The van der Waals surface area contributed by atoms with Crippen LogP contribution in [0.3, 0.4) is 0 Å². The normalized spacial score (nSPS) is 12.5. The molecule has 1 aromatic heterocycles. The maximum Gasteiger partial charge on any atom is 0.357 e. The summed E-state index contributed by atoms with van der Waals surface area (Å²) in [5.41, 5.74) is -0.117. The van der Waals surface area contributed by atoms with Gasteiger partial charge in [0, 0.05) is 13.6 Å². The number of hydrogen-bond acceptors (Lipinski definition) is 5. The number of rotatable bonds is 5. The smallest absolute Gasteiger partial charge is 0.357 e. The average molecular weight is 214 g/mol. The second-order valence-corrected chi connectivity index (χ2v) is 3.38. The van der Waals surface area contributed by atoms with Crippen molar-refractivity contribution < 1.29 is 19.4 Å². The number of aliphatic hydroxyl groups excluding tert-OH is 1. The SMILES string of the molecule is CC(O)CCN(C)c1nc(C(=O)O)co1. The number of aromatic nitrogens is 1. The molecule has 0 amide bonds. The Labute approximate surface area is 87.1 Å². The second-order valence-electron chi connectivity index (χ2n) is 3.38. The molecule has 6 nitrogen and oxygen atoms in total. The Balaban J connectivity index is 2.58. The van der Waals surface area contributed by atoms with Crippen molar-refractivity contribution >= 4 is 12.0 Å². The van der Waals surface area contributed by atoms with Gasteiger partial charge in [-0.1, -0.05) is 0 Å². The van der Waals surface area contributed by atoms with Crippen molar-refractivity contribution in [1.82, 2.24) is 4.98 Å². The fourth-order valence-corrected chi connectivity index (χ4v) is 1.01. The van der Waals surface area contributed by atoms with Crippen LogP contribution in [0, 0.1) is 0 Å². The number of anilines is 1. The minimum Gasteiger partial charge on any atom is -0.476 e. The van der Waals surface area contributed by atoms with Crippen LogP contribution in [0.5, 0.6) is 0 Å². The van der Waals surface area contributed by atoms with E-state index in [4.69, 9.17) is 14.6 Å². The summed E-state index contributed by atoms with van der Waals surface area (Å²) >= 11 is 0. The third-order valence-corrected chi connectivity index (χ3v) is 1.92. The Hall–Kier alpha value is -1.56. The molecule has 0 saturated carbocycles. The van der Waals surface area contributed by atoms with Crippen LogP contribution in [0.15, 0.2) is 10.7 Å². The minimum absolute atomic E-state index is 0.117. The predicted molar refractivity (Wildman–Crippen MR) is 53.0 cm³/mol. The number of carbonyl (C=O) groups is 1. The molecule has 0 bridgehead atoms. The lowest BCUT2D eigenvalue weighted by Gasteiger charge is -2.14. The van der Waals surface area contributed by atoms with Crippen LogP contribution < -0.4 is 4.90 Å². The van der Waals surface area contributed by atoms with E-state index in [9.17, 15) is 4.79 Å². The van der Waals surface area contributed by atoms with Crippen molar-refractivity contribution in [2.24, 2.45) is 0 Å². The van der Waals surface area contributed by atoms with Crippen molar-refractivity contribution in [2.45, 2.75) is 19.4 Å². The van der Waals surface area contributed by atoms with Gasteiger partial charge in [-0.25, -0.2) is 4.79 Å². The van der Waals surface area contributed by atoms with Crippen molar-refractivity contribution in [3.05, 3.63) is 12.0 Å². The van der Waals surface area contributed by atoms with Crippen molar-refractivity contribution in [3.8, 4) is 0 Å². The highest BCUT2D eigenvalue weighted by atomic mass is 16.4. The first-order chi connectivity index (χ1) is 7.00. The fourth-order valence-electron chi connectivity index (χ4n) is 1.01. The van der Waals surface area contributed by atoms with E-state index in [1.807, 2.05) is 0 Å². The minimum atomic E-state index is -1.12. The van der Waals surface area contributed by atoms with Crippen molar-refractivity contribution in [1.29, 1.82) is 0 Å². The predicted octanol–water partition coefficient (Wildman–Crippen LogP) is 0.580. The fraction of sp³-hybridized carbons (Fsp3) is 0.556. The molecular formula is C9H14N2O4. The van der Waals surface area contributed by atoms with Gasteiger partial charge in [0.1, 0.15) is 6.26 Å². The first-order valence-electron chi connectivity index (χ1n) is 4.58.